The average Bonchev–Trinajstić information content (AvgIpc) is 2.31. The minimum Gasteiger partial charge on any atom is -0.0749 e. The van der Waals surface area contributed by atoms with E-state index in [-0.39, 0.29) is 0 Å². The molecule has 2 rings (SSSR count). The van der Waals surface area contributed by atoms with Gasteiger partial charge in [0.1, 0.15) is 0 Å². The van der Waals surface area contributed by atoms with Crippen molar-refractivity contribution in [2.45, 2.75) is 0 Å². The van der Waals surface area contributed by atoms with Gasteiger partial charge in [0.15, 0.2) is 0 Å². The molecule has 77 valence electrons. The first-order valence-corrected chi connectivity index (χ1v) is 8.21. The first-order chi connectivity index (χ1) is 7.21. The highest BCUT2D eigenvalue weighted by Crippen LogP contribution is 2.66. The normalized spacial score (nSPS) is 11.3. The molecule has 0 atom stereocenters. The van der Waals surface area contributed by atoms with E-state index in [1.54, 1.807) is 0 Å². The average molecular weight is 256 g/mol. The molecule has 1 radical (unpaired) electrons. The Labute approximate surface area is 99.8 Å². The maximum atomic E-state index is 6.46. The SMILES string of the molecule is Cl[P](Cl)(c1ccccc1)c1ccccc1. The van der Waals surface area contributed by atoms with Gasteiger partial charge in [-0.15, -0.1) is 0 Å². The van der Waals surface area contributed by atoms with Gasteiger partial charge >= 0.3 is 0 Å². The standard InChI is InChI=1S/C12H10Cl2P/c13-15(14,11-7-3-1-4-8-11)12-9-5-2-6-10-12/h1-10H. The predicted octanol–water partition coefficient (Wildman–Crippen LogP) is 3.96. The molecular weight excluding hydrogens is 246 g/mol. The lowest BCUT2D eigenvalue weighted by Crippen LogP contribution is -2.13. The Morgan fingerprint density at radius 3 is 1.27 bits per heavy atom. The van der Waals surface area contributed by atoms with Gasteiger partial charge in [0.25, 0.3) is 0 Å². The molecule has 0 aliphatic carbocycles. The van der Waals surface area contributed by atoms with Crippen LogP contribution in [0.3, 0.4) is 0 Å². The number of rotatable bonds is 2. The summed E-state index contributed by atoms with van der Waals surface area (Å²) < 4.78 is 0. The van der Waals surface area contributed by atoms with Crippen LogP contribution in [0.2, 0.25) is 0 Å². The third-order valence-electron chi connectivity index (χ3n) is 2.16. The lowest BCUT2D eigenvalue weighted by molar-refractivity contribution is 1.76. The molecule has 0 saturated heterocycles. The highest BCUT2D eigenvalue weighted by atomic mass is 35.9. The number of hydrogen-bond acceptors (Lipinski definition) is 0. The summed E-state index contributed by atoms with van der Waals surface area (Å²) in [6.07, 6.45) is 0. The van der Waals surface area contributed by atoms with Crippen LogP contribution in [0.15, 0.2) is 60.7 Å². The maximum Gasteiger partial charge on any atom is 0.0958 e. The predicted molar refractivity (Wildman–Crippen MR) is 70.8 cm³/mol. The zero-order valence-corrected chi connectivity index (χ0v) is 10.4. The molecule has 3 heteroatoms. The van der Waals surface area contributed by atoms with E-state index in [2.05, 4.69) is 0 Å². The topological polar surface area (TPSA) is 0 Å². The van der Waals surface area contributed by atoms with Crippen LogP contribution in [0.1, 0.15) is 0 Å². The molecule has 0 aliphatic rings. The minimum atomic E-state index is -2.20. The Kier molecular flexibility index (Phi) is 3.31. The van der Waals surface area contributed by atoms with Crippen molar-refractivity contribution in [2.75, 3.05) is 0 Å². The van der Waals surface area contributed by atoms with E-state index in [0.717, 1.165) is 10.6 Å². The Morgan fingerprint density at radius 1 is 0.600 bits per heavy atom. The number of halogens is 2. The van der Waals surface area contributed by atoms with Gasteiger partial charge in [0.05, 0.1) is 5.97 Å². The lowest BCUT2D eigenvalue weighted by Gasteiger charge is -2.22. The molecule has 0 bridgehead atoms. The van der Waals surface area contributed by atoms with Crippen LogP contribution in [-0.4, -0.2) is 0 Å². The van der Waals surface area contributed by atoms with Gasteiger partial charge in [-0.2, -0.15) is 0 Å². The molecule has 0 N–H and O–H groups in total. The van der Waals surface area contributed by atoms with Gasteiger partial charge in [0.2, 0.25) is 0 Å². The van der Waals surface area contributed by atoms with E-state index in [9.17, 15) is 0 Å². The van der Waals surface area contributed by atoms with E-state index >= 15 is 0 Å². The van der Waals surface area contributed by atoms with Gasteiger partial charge in [-0.3, -0.25) is 0 Å². The molecule has 2 aromatic rings. The van der Waals surface area contributed by atoms with Crippen molar-refractivity contribution in [1.82, 2.24) is 0 Å². The largest absolute Gasteiger partial charge is 0.0958 e. The highest BCUT2D eigenvalue weighted by molar-refractivity contribution is 8.26. The van der Waals surface area contributed by atoms with Crippen LogP contribution >= 0.6 is 28.4 Å². The summed E-state index contributed by atoms with van der Waals surface area (Å²) in [4.78, 5) is 0. The summed E-state index contributed by atoms with van der Waals surface area (Å²) >= 11 is 12.9. The highest BCUT2D eigenvalue weighted by Gasteiger charge is 2.25. The van der Waals surface area contributed by atoms with Crippen molar-refractivity contribution in [2.24, 2.45) is 0 Å². The fourth-order valence-corrected chi connectivity index (χ4v) is 4.12. The fourth-order valence-electron chi connectivity index (χ4n) is 1.38. The Hall–Kier alpha value is -0.550. The summed E-state index contributed by atoms with van der Waals surface area (Å²) in [6.45, 7) is 0. The second-order valence-electron chi connectivity index (χ2n) is 3.18. The maximum absolute atomic E-state index is 6.46. The zero-order valence-electron chi connectivity index (χ0n) is 7.98. The molecule has 0 unspecified atom stereocenters. The van der Waals surface area contributed by atoms with Gasteiger partial charge in [0, 0.05) is 10.6 Å². The van der Waals surface area contributed by atoms with Crippen molar-refractivity contribution >= 4 is 39.1 Å². The van der Waals surface area contributed by atoms with E-state index in [0.29, 0.717) is 0 Å². The summed E-state index contributed by atoms with van der Waals surface area (Å²) in [5.74, 6) is -2.20. The van der Waals surface area contributed by atoms with Gasteiger partial charge in [-0.05, 0) is 0 Å². The molecule has 0 spiro atoms. The first kappa shape index (κ1) is 11.0. The minimum absolute atomic E-state index is 1.000. The summed E-state index contributed by atoms with van der Waals surface area (Å²) in [7, 11) is 0. The van der Waals surface area contributed by atoms with E-state index in [4.69, 9.17) is 22.5 Å². The Morgan fingerprint density at radius 2 is 0.933 bits per heavy atom. The van der Waals surface area contributed by atoms with Crippen LogP contribution in [-0.2, 0) is 0 Å². The Balaban J connectivity index is 2.44. The zero-order chi connectivity index (χ0) is 10.7. The quantitative estimate of drug-likeness (QED) is 0.713. The van der Waals surface area contributed by atoms with Crippen molar-refractivity contribution < 1.29 is 0 Å². The van der Waals surface area contributed by atoms with E-state index < -0.39 is 5.97 Å². The third kappa shape index (κ3) is 2.34. The van der Waals surface area contributed by atoms with Gasteiger partial charge in [-0.25, -0.2) is 0 Å². The lowest BCUT2D eigenvalue weighted by atomic mass is 10.4. The van der Waals surface area contributed by atoms with Crippen LogP contribution in [0.4, 0.5) is 0 Å². The summed E-state index contributed by atoms with van der Waals surface area (Å²) in [5, 5.41) is 2.00. The third-order valence-corrected chi connectivity index (χ3v) is 6.40. The van der Waals surface area contributed by atoms with Crippen LogP contribution < -0.4 is 10.6 Å². The number of benzene rings is 2. The van der Waals surface area contributed by atoms with Crippen molar-refractivity contribution in [3.8, 4) is 0 Å². The molecule has 0 aliphatic heterocycles. The molecule has 0 heterocycles. The van der Waals surface area contributed by atoms with Crippen LogP contribution in [0.25, 0.3) is 0 Å². The molecule has 2 aromatic carbocycles. The summed E-state index contributed by atoms with van der Waals surface area (Å²) in [6, 6.07) is 19.6. The summed E-state index contributed by atoms with van der Waals surface area (Å²) in [5.41, 5.74) is 0. The first-order valence-electron chi connectivity index (χ1n) is 4.61. The van der Waals surface area contributed by atoms with Crippen molar-refractivity contribution in [1.29, 1.82) is 0 Å². The van der Waals surface area contributed by atoms with Crippen molar-refractivity contribution in [3.05, 3.63) is 60.7 Å². The molecule has 15 heavy (non-hydrogen) atoms. The molecule has 0 nitrogen and oxygen atoms in total. The molecule has 0 aromatic heterocycles. The fraction of sp³-hybridized carbons (Fsp3) is 0. The molecule has 0 saturated carbocycles. The second-order valence-corrected chi connectivity index (χ2v) is 8.81. The van der Waals surface area contributed by atoms with Crippen LogP contribution in [0.5, 0.6) is 0 Å². The van der Waals surface area contributed by atoms with Crippen molar-refractivity contribution in [3.63, 3.8) is 0 Å². The molecule has 0 amide bonds. The monoisotopic (exact) mass is 255 g/mol. The smallest absolute Gasteiger partial charge is 0.0749 e. The molecular formula is C12H10Cl2P. The molecule has 0 fully saturated rings. The second kappa shape index (κ2) is 4.53. The number of hydrogen-bond donors (Lipinski definition) is 0. The van der Waals surface area contributed by atoms with E-state index in [1.807, 2.05) is 60.7 Å². The van der Waals surface area contributed by atoms with E-state index in [1.165, 1.54) is 0 Å². The van der Waals surface area contributed by atoms with Gasteiger partial charge < -0.3 is 0 Å². The Bertz CT molecular complexity index is 384. The van der Waals surface area contributed by atoms with Gasteiger partial charge in [-0.1, -0.05) is 83.1 Å². The van der Waals surface area contributed by atoms with Crippen LogP contribution in [0, 0.1) is 0 Å².